The third-order valence-corrected chi connectivity index (χ3v) is 3.04. The van der Waals surface area contributed by atoms with Crippen molar-refractivity contribution < 1.29 is 14.3 Å². The van der Waals surface area contributed by atoms with Crippen LogP contribution in [0.2, 0.25) is 0 Å². The van der Waals surface area contributed by atoms with Gasteiger partial charge in [-0.15, -0.1) is 0 Å². The number of aryl methyl sites for hydroxylation is 1. The van der Waals surface area contributed by atoms with E-state index in [0.29, 0.717) is 22.5 Å². The van der Waals surface area contributed by atoms with Gasteiger partial charge >= 0.3 is 5.97 Å². The number of benzene rings is 1. The number of aromatic nitrogens is 2. The smallest absolute Gasteiger partial charge is 0.339 e. The van der Waals surface area contributed by atoms with Crippen LogP contribution in [0.5, 0.6) is 0 Å². The van der Waals surface area contributed by atoms with Crippen molar-refractivity contribution >= 4 is 17.6 Å². The number of carbonyl (C=O) groups excluding carboxylic acids is 2. The van der Waals surface area contributed by atoms with E-state index in [1.807, 2.05) is 0 Å². The van der Waals surface area contributed by atoms with E-state index in [1.165, 1.54) is 18.2 Å². The molecule has 0 fully saturated rings. The summed E-state index contributed by atoms with van der Waals surface area (Å²) >= 11 is 0. The Hall–Kier alpha value is -2.63. The van der Waals surface area contributed by atoms with E-state index in [4.69, 9.17) is 4.74 Å². The lowest BCUT2D eigenvalue weighted by atomic mass is 10.1. The number of nitrogens with zero attached hydrogens (tertiary/aromatic N) is 2. The number of esters is 1. The van der Waals surface area contributed by atoms with Crippen molar-refractivity contribution in [1.82, 2.24) is 10.2 Å². The summed E-state index contributed by atoms with van der Waals surface area (Å²) in [5.74, 6) is -0.725. The first kappa shape index (κ1) is 13.8. The van der Waals surface area contributed by atoms with Gasteiger partial charge in [-0.25, -0.2) is 4.79 Å². The number of rotatable bonds is 3. The summed E-state index contributed by atoms with van der Waals surface area (Å²) < 4.78 is 4.73. The number of nitrogens with one attached hydrogen (secondary N) is 1. The van der Waals surface area contributed by atoms with Gasteiger partial charge in [0, 0.05) is 12.7 Å². The molecule has 0 spiro atoms. The summed E-state index contributed by atoms with van der Waals surface area (Å²) in [4.78, 5) is 25.5. The van der Waals surface area contributed by atoms with Crippen LogP contribution in [-0.2, 0) is 4.74 Å². The van der Waals surface area contributed by atoms with Crippen molar-refractivity contribution in [1.29, 1.82) is 0 Å². The van der Waals surface area contributed by atoms with Crippen LogP contribution in [0.25, 0.3) is 0 Å². The minimum Gasteiger partial charge on any atom is -0.465 e. The highest BCUT2D eigenvalue weighted by atomic mass is 16.5. The Labute approximate surface area is 116 Å². The van der Waals surface area contributed by atoms with E-state index >= 15 is 0 Å². The average molecular weight is 273 g/mol. The molecule has 104 valence electrons. The molecule has 0 aliphatic rings. The molecular formula is C14H15N3O3. The molecule has 0 saturated heterocycles. The molecule has 0 unspecified atom stereocenters. The molecule has 1 aromatic heterocycles. The second-order valence-electron chi connectivity index (χ2n) is 4.28. The number of ether oxygens (including phenoxy) is 1. The lowest BCUT2D eigenvalue weighted by molar-refractivity contribution is 0.0601. The third-order valence-electron chi connectivity index (χ3n) is 3.04. The van der Waals surface area contributed by atoms with Gasteiger partial charge < -0.3 is 9.64 Å². The fourth-order valence-corrected chi connectivity index (χ4v) is 1.91. The molecule has 20 heavy (non-hydrogen) atoms. The van der Waals surface area contributed by atoms with Crippen LogP contribution in [0.1, 0.15) is 26.4 Å². The molecule has 2 aromatic rings. The molecule has 0 atom stereocenters. The highest BCUT2D eigenvalue weighted by Gasteiger charge is 2.21. The van der Waals surface area contributed by atoms with Crippen LogP contribution in [-0.4, -0.2) is 36.2 Å². The fraction of sp³-hybridized carbons (Fsp3) is 0.214. The largest absolute Gasteiger partial charge is 0.465 e. The lowest BCUT2D eigenvalue weighted by Crippen LogP contribution is -2.28. The van der Waals surface area contributed by atoms with E-state index in [-0.39, 0.29) is 5.91 Å². The second kappa shape index (κ2) is 5.56. The zero-order valence-electron chi connectivity index (χ0n) is 11.5. The quantitative estimate of drug-likeness (QED) is 0.865. The molecule has 1 amide bonds. The van der Waals surface area contributed by atoms with Crippen molar-refractivity contribution in [3.63, 3.8) is 0 Å². The van der Waals surface area contributed by atoms with Gasteiger partial charge in [-0.1, -0.05) is 12.1 Å². The maximum absolute atomic E-state index is 12.4. The Balaban J connectivity index is 2.39. The summed E-state index contributed by atoms with van der Waals surface area (Å²) in [5, 5.41) is 6.54. The normalized spacial score (nSPS) is 10.2. The third kappa shape index (κ3) is 2.40. The molecule has 2 rings (SSSR count). The first-order chi connectivity index (χ1) is 9.56. The Morgan fingerprint density at radius 1 is 1.25 bits per heavy atom. The van der Waals surface area contributed by atoms with Gasteiger partial charge in [0.05, 0.1) is 30.1 Å². The molecular weight excluding hydrogens is 258 g/mol. The van der Waals surface area contributed by atoms with Crippen molar-refractivity contribution in [2.75, 3.05) is 19.1 Å². The van der Waals surface area contributed by atoms with Crippen molar-refractivity contribution in [2.45, 2.75) is 6.92 Å². The van der Waals surface area contributed by atoms with Gasteiger partial charge in [0.1, 0.15) is 0 Å². The number of para-hydroxylation sites is 1. The summed E-state index contributed by atoms with van der Waals surface area (Å²) in [5.41, 5.74) is 1.97. The van der Waals surface area contributed by atoms with Gasteiger partial charge in [-0.3, -0.25) is 9.89 Å². The first-order valence-corrected chi connectivity index (χ1v) is 6.01. The van der Waals surface area contributed by atoms with E-state index in [1.54, 1.807) is 38.2 Å². The monoisotopic (exact) mass is 273 g/mol. The predicted octanol–water partition coefficient (Wildman–Crippen LogP) is 1.78. The van der Waals surface area contributed by atoms with Gasteiger partial charge in [0.15, 0.2) is 0 Å². The molecule has 6 heteroatoms. The minimum atomic E-state index is -0.482. The van der Waals surface area contributed by atoms with Gasteiger partial charge in [-0.2, -0.15) is 5.10 Å². The highest BCUT2D eigenvalue weighted by Crippen LogP contribution is 2.22. The molecule has 1 heterocycles. The highest BCUT2D eigenvalue weighted by molar-refractivity contribution is 6.09. The van der Waals surface area contributed by atoms with Crippen molar-refractivity contribution in [2.24, 2.45) is 0 Å². The molecule has 0 radical (unpaired) electrons. The first-order valence-electron chi connectivity index (χ1n) is 6.01. The molecule has 0 aliphatic carbocycles. The molecule has 0 aliphatic heterocycles. The van der Waals surface area contributed by atoms with E-state index in [9.17, 15) is 9.59 Å². The topological polar surface area (TPSA) is 75.3 Å². The van der Waals surface area contributed by atoms with E-state index < -0.39 is 5.97 Å². The standard InChI is InChI=1S/C14H15N3O3/c1-9-11(8-15-16-9)13(18)17(2)12-7-5-4-6-10(12)14(19)20-3/h4-8H,1-3H3,(H,15,16). The maximum Gasteiger partial charge on any atom is 0.339 e. The Bertz CT molecular complexity index is 649. The van der Waals surface area contributed by atoms with Crippen LogP contribution >= 0.6 is 0 Å². The van der Waals surface area contributed by atoms with E-state index in [0.717, 1.165) is 0 Å². The second-order valence-corrected chi connectivity index (χ2v) is 4.28. The Morgan fingerprint density at radius 3 is 2.55 bits per heavy atom. The van der Waals surface area contributed by atoms with Gasteiger partial charge in [0.2, 0.25) is 0 Å². The Morgan fingerprint density at radius 2 is 1.95 bits per heavy atom. The number of carbonyl (C=O) groups is 2. The number of anilines is 1. The summed E-state index contributed by atoms with van der Waals surface area (Å²) in [7, 11) is 2.91. The minimum absolute atomic E-state index is 0.243. The summed E-state index contributed by atoms with van der Waals surface area (Å²) in [6.45, 7) is 1.76. The molecule has 1 aromatic carbocycles. The molecule has 0 bridgehead atoms. The van der Waals surface area contributed by atoms with Crippen molar-refractivity contribution in [3.05, 3.63) is 47.3 Å². The number of aromatic amines is 1. The summed E-state index contributed by atoms with van der Waals surface area (Å²) in [6, 6.07) is 6.79. The van der Waals surface area contributed by atoms with Crippen molar-refractivity contribution in [3.8, 4) is 0 Å². The molecule has 1 N–H and O–H groups in total. The maximum atomic E-state index is 12.4. The zero-order valence-corrected chi connectivity index (χ0v) is 11.5. The fourth-order valence-electron chi connectivity index (χ4n) is 1.91. The molecule has 6 nitrogen and oxygen atoms in total. The van der Waals surface area contributed by atoms with Crippen LogP contribution < -0.4 is 4.90 Å². The lowest BCUT2D eigenvalue weighted by Gasteiger charge is -2.19. The number of hydrogen-bond acceptors (Lipinski definition) is 4. The van der Waals surface area contributed by atoms with Crippen LogP contribution in [0, 0.1) is 6.92 Å². The van der Waals surface area contributed by atoms with Crippen LogP contribution in [0.4, 0.5) is 5.69 Å². The van der Waals surface area contributed by atoms with Crippen LogP contribution in [0.15, 0.2) is 30.5 Å². The number of hydrogen-bond donors (Lipinski definition) is 1. The SMILES string of the molecule is COC(=O)c1ccccc1N(C)C(=O)c1cn[nH]c1C. The zero-order chi connectivity index (χ0) is 14.7. The Kier molecular flexibility index (Phi) is 3.84. The van der Waals surface area contributed by atoms with Gasteiger partial charge in [-0.05, 0) is 19.1 Å². The summed E-state index contributed by atoms with van der Waals surface area (Å²) in [6.07, 6.45) is 1.47. The van der Waals surface area contributed by atoms with E-state index in [2.05, 4.69) is 10.2 Å². The predicted molar refractivity (Wildman–Crippen MR) is 73.8 cm³/mol. The average Bonchev–Trinajstić information content (AvgIpc) is 2.91. The van der Waals surface area contributed by atoms with Crippen LogP contribution in [0.3, 0.4) is 0 Å². The number of methoxy groups -OCH3 is 1. The van der Waals surface area contributed by atoms with Gasteiger partial charge in [0.25, 0.3) is 5.91 Å². The number of H-pyrrole nitrogens is 1. The number of amides is 1. The molecule has 0 saturated carbocycles.